The van der Waals surface area contributed by atoms with Gasteiger partial charge in [0.15, 0.2) is 0 Å². The van der Waals surface area contributed by atoms with Gasteiger partial charge in [-0.05, 0) is 49.8 Å². The first kappa shape index (κ1) is 25.6. The van der Waals surface area contributed by atoms with E-state index < -0.39 is 5.82 Å². The number of nitrogens with one attached hydrogen (secondary N) is 1. The van der Waals surface area contributed by atoms with Crippen molar-refractivity contribution in [1.82, 2.24) is 4.98 Å². The number of aryl methyl sites for hydroxylation is 1. The third kappa shape index (κ3) is 8.80. The lowest BCUT2D eigenvalue weighted by atomic mass is 10.1. The summed E-state index contributed by atoms with van der Waals surface area (Å²) in [6.07, 6.45) is 12.9. The number of anilines is 1. The lowest BCUT2D eigenvalue weighted by molar-refractivity contribution is -0.115. The van der Waals surface area contributed by atoms with E-state index in [0.29, 0.717) is 10.9 Å². The maximum absolute atomic E-state index is 14.6. The van der Waals surface area contributed by atoms with E-state index in [4.69, 9.17) is 0 Å². The molecule has 0 fully saturated rings. The molecule has 1 atom stereocenters. The number of rotatable bonds is 15. The smallest absolute Gasteiger partial charge is 0.237 e. The predicted molar refractivity (Wildman–Crippen MR) is 133 cm³/mol. The van der Waals surface area contributed by atoms with E-state index in [-0.39, 0.29) is 16.8 Å². The fourth-order valence-corrected chi connectivity index (χ4v) is 4.96. The van der Waals surface area contributed by atoms with Gasteiger partial charge in [-0.2, -0.15) is 0 Å². The van der Waals surface area contributed by atoms with Crippen LogP contribution in [0.4, 0.5) is 10.1 Å². The molecule has 31 heavy (non-hydrogen) atoms. The second-order valence-corrected chi connectivity index (χ2v) is 9.72. The lowest BCUT2D eigenvalue weighted by Crippen LogP contribution is -2.26. The molecule has 0 aliphatic carbocycles. The molecule has 1 unspecified atom stereocenters. The van der Waals surface area contributed by atoms with Gasteiger partial charge < -0.3 is 5.32 Å². The minimum atomic E-state index is -0.405. The molecule has 0 aliphatic heterocycles. The molecule has 0 saturated heterocycles. The molecule has 2 aromatic rings. The summed E-state index contributed by atoms with van der Waals surface area (Å²) in [6, 6.07) is 6.76. The first-order chi connectivity index (χ1) is 15.1. The Morgan fingerprint density at radius 3 is 2.39 bits per heavy atom. The Balaban J connectivity index is 2.03. The highest BCUT2D eigenvalue weighted by Crippen LogP contribution is 2.28. The number of carbonyl (C=O) groups excluding carboxylic acids is 1. The van der Waals surface area contributed by atoms with Gasteiger partial charge in [-0.15, -0.1) is 11.8 Å². The van der Waals surface area contributed by atoms with E-state index in [0.717, 1.165) is 37.1 Å². The zero-order chi connectivity index (χ0) is 22.5. The molecule has 0 spiro atoms. The van der Waals surface area contributed by atoms with Gasteiger partial charge >= 0.3 is 0 Å². The van der Waals surface area contributed by atoms with Crippen LogP contribution in [0.1, 0.15) is 90.2 Å². The Hall–Kier alpha value is -1.62. The molecule has 1 heterocycles. The molecular formula is C26H39FN2OS. The number of pyridine rings is 1. The summed E-state index contributed by atoms with van der Waals surface area (Å²) >= 11 is 1.73. The van der Waals surface area contributed by atoms with E-state index in [2.05, 4.69) is 24.1 Å². The number of thioether (sulfide) groups is 1. The topological polar surface area (TPSA) is 42.0 Å². The number of hydrogen-bond acceptors (Lipinski definition) is 3. The highest BCUT2D eigenvalue weighted by molar-refractivity contribution is 8.00. The number of unbranched alkanes of at least 4 members (excludes halogenated alkanes) is 8. The van der Waals surface area contributed by atoms with Crippen molar-refractivity contribution in [2.75, 3.05) is 11.1 Å². The number of halogens is 1. The van der Waals surface area contributed by atoms with Crippen LogP contribution >= 0.6 is 11.8 Å². The Morgan fingerprint density at radius 2 is 1.65 bits per heavy atom. The molecule has 0 radical (unpaired) electrons. The fourth-order valence-electron chi connectivity index (χ4n) is 3.76. The largest absolute Gasteiger partial charge is 0.322 e. The molecule has 1 aromatic carbocycles. The second kappa shape index (κ2) is 14.4. The molecule has 3 nitrogen and oxygen atoms in total. The summed E-state index contributed by atoms with van der Waals surface area (Å²) in [6.45, 7) is 6.34. The van der Waals surface area contributed by atoms with Crippen LogP contribution < -0.4 is 5.32 Å². The molecule has 0 bridgehead atoms. The van der Waals surface area contributed by atoms with Crippen molar-refractivity contribution in [3.63, 3.8) is 0 Å². The average Bonchev–Trinajstić information content (AvgIpc) is 2.76. The SMILES string of the molecule is CCCCCCCCC(SCCCCCC)C(=O)Nc1c(F)ccc2nc(C)ccc12. The number of hydrogen-bond donors (Lipinski definition) is 1. The fraction of sp³-hybridized carbons (Fsp3) is 0.615. The highest BCUT2D eigenvalue weighted by atomic mass is 32.2. The van der Waals surface area contributed by atoms with Crippen molar-refractivity contribution in [2.24, 2.45) is 0 Å². The van der Waals surface area contributed by atoms with E-state index in [9.17, 15) is 9.18 Å². The molecule has 5 heteroatoms. The van der Waals surface area contributed by atoms with Gasteiger partial charge in [0.05, 0.1) is 16.5 Å². The molecule has 0 aliphatic rings. The minimum absolute atomic E-state index is 0.0824. The molecule has 1 aromatic heterocycles. The summed E-state index contributed by atoms with van der Waals surface area (Å²) in [5.74, 6) is 0.492. The van der Waals surface area contributed by atoms with Crippen LogP contribution in [0.3, 0.4) is 0 Å². The van der Waals surface area contributed by atoms with Gasteiger partial charge in [0, 0.05) is 11.1 Å². The third-order valence-electron chi connectivity index (χ3n) is 5.64. The van der Waals surface area contributed by atoms with Gasteiger partial charge in [-0.1, -0.05) is 71.6 Å². The summed E-state index contributed by atoms with van der Waals surface area (Å²) in [5.41, 5.74) is 1.84. The van der Waals surface area contributed by atoms with Crippen molar-refractivity contribution in [1.29, 1.82) is 0 Å². The van der Waals surface area contributed by atoms with Gasteiger partial charge in [0.1, 0.15) is 5.82 Å². The predicted octanol–water partition coefficient (Wildman–Crippen LogP) is 8.05. The van der Waals surface area contributed by atoms with Gasteiger partial charge in [-0.25, -0.2) is 4.39 Å². The summed E-state index contributed by atoms with van der Waals surface area (Å²) in [5, 5.41) is 3.43. The van der Waals surface area contributed by atoms with Crippen molar-refractivity contribution in [3.05, 3.63) is 35.8 Å². The van der Waals surface area contributed by atoms with Gasteiger partial charge in [0.25, 0.3) is 0 Å². The molecule has 2 rings (SSSR count). The number of nitrogens with zero attached hydrogens (tertiary/aromatic N) is 1. The maximum Gasteiger partial charge on any atom is 0.237 e. The van der Waals surface area contributed by atoms with Crippen molar-refractivity contribution in [2.45, 2.75) is 96.7 Å². The highest BCUT2D eigenvalue weighted by Gasteiger charge is 2.21. The minimum Gasteiger partial charge on any atom is -0.322 e. The quantitative estimate of drug-likeness (QED) is 0.281. The van der Waals surface area contributed by atoms with E-state index in [1.807, 2.05) is 19.1 Å². The van der Waals surface area contributed by atoms with Crippen LogP contribution in [-0.4, -0.2) is 21.9 Å². The number of benzene rings is 1. The Morgan fingerprint density at radius 1 is 0.968 bits per heavy atom. The molecule has 1 N–H and O–H groups in total. The van der Waals surface area contributed by atoms with Gasteiger partial charge in [-0.3, -0.25) is 9.78 Å². The van der Waals surface area contributed by atoms with Crippen LogP contribution in [0, 0.1) is 12.7 Å². The third-order valence-corrected chi connectivity index (χ3v) is 7.01. The zero-order valence-electron chi connectivity index (χ0n) is 19.5. The van der Waals surface area contributed by atoms with Crippen LogP contribution in [0.25, 0.3) is 10.9 Å². The summed E-state index contributed by atoms with van der Waals surface area (Å²) in [7, 11) is 0. The monoisotopic (exact) mass is 446 g/mol. The van der Waals surface area contributed by atoms with Crippen LogP contribution in [0.15, 0.2) is 24.3 Å². The van der Waals surface area contributed by atoms with Crippen molar-refractivity contribution in [3.8, 4) is 0 Å². The molecular weight excluding hydrogens is 407 g/mol. The molecule has 172 valence electrons. The number of fused-ring (bicyclic) bond motifs is 1. The van der Waals surface area contributed by atoms with Crippen molar-refractivity contribution < 1.29 is 9.18 Å². The Kier molecular flexibility index (Phi) is 11.9. The first-order valence-electron chi connectivity index (χ1n) is 12.0. The summed E-state index contributed by atoms with van der Waals surface area (Å²) < 4.78 is 14.6. The Labute approximate surface area is 192 Å². The molecule has 0 saturated carbocycles. The molecule has 1 amide bonds. The lowest BCUT2D eigenvalue weighted by Gasteiger charge is -2.18. The zero-order valence-corrected chi connectivity index (χ0v) is 20.3. The van der Waals surface area contributed by atoms with E-state index in [1.165, 1.54) is 51.0 Å². The number of aromatic nitrogens is 1. The van der Waals surface area contributed by atoms with Crippen LogP contribution in [0.2, 0.25) is 0 Å². The first-order valence-corrected chi connectivity index (χ1v) is 13.1. The van der Waals surface area contributed by atoms with Crippen molar-refractivity contribution >= 4 is 34.3 Å². The van der Waals surface area contributed by atoms with Gasteiger partial charge in [0.2, 0.25) is 5.91 Å². The number of amides is 1. The summed E-state index contributed by atoms with van der Waals surface area (Å²) in [4.78, 5) is 17.6. The number of carbonyl (C=O) groups is 1. The Bertz CT molecular complexity index is 811. The average molecular weight is 447 g/mol. The standard InChI is InChI=1S/C26H39FN2OS/c1-4-6-8-10-11-12-14-24(31-19-13-9-7-5-2)26(30)29-25-21-16-15-20(3)28-23(21)18-17-22(25)27/h15-18,24H,4-14,19H2,1-3H3,(H,29,30). The second-order valence-electron chi connectivity index (χ2n) is 8.41. The normalized spacial score (nSPS) is 12.3. The van der Waals surface area contributed by atoms with Crippen LogP contribution in [-0.2, 0) is 4.79 Å². The van der Waals surface area contributed by atoms with E-state index in [1.54, 1.807) is 17.8 Å². The maximum atomic E-state index is 14.6. The van der Waals surface area contributed by atoms with Crippen LogP contribution in [0.5, 0.6) is 0 Å². The van der Waals surface area contributed by atoms with E-state index >= 15 is 0 Å².